The first-order valence-corrected chi connectivity index (χ1v) is 14.2. The summed E-state index contributed by atoms with van der Waals surface area (Å²) in [6.45, 7) is -0.482. The van der Waals surface area contributed by atoms with Gasteiger partial charge in [-0.15, -0.1) is 0 Å². The molecule has 4 aliphatic rings. The lowest BCUT2D eigenvalue weighted by Gasteiger charge is -2.40. The molecular formula is C30H38O10. The summed E-state index contributed by atoms with van der Waals surface area (Å²) in [5.74, 6) is -2.22. The zero-order valence-electron chi connectivity index (χ0n) is 22.3. The molecule has 1 saturated carbocycles. The lowest BCUT2D eigenvalue weighted by molar-refractivity contribution is -0.277. The van der Waals surface area contributed by atoms with Crippen molar-refractivity contribution >= 4 is 11.6 Å². The van der Waals surface area contributed by atoms with Crippen LogP contribution in [0.25, 0.3) is 0 Å². The molecule has 6 N–H and O–H groups in total. The average Bonchev–Trinajstić information content (AvgIpc) is 2.95. The second kappa shape index (κ2) is 12.1. The number of aliphatic hydroxyl groups is 6. The summed E-state index contributed by atoms with van der Waals surface area (Å²) in [6.07, 6.45) is 2.55. The fourth-order valence-corrected chi connectivity index (χ4v) is 6.79. The van der Waals surface area contributed by atoms with Gasteiger partial charge < -0.3 is 40.1 Å². The van der Waals surface area contributed by atoms with Crippen LogP contribution in [0.3, 0.4) is 0 Å². The summed E-state index contributed by atoms with van der Waals surface area (Å²) < 4.78 is 11.2. The van der Waals surface area contributed by atoms with E-state index in [1.54, 1.807) is 12.2 Å². The Hall–Kier alpha value is -2.60. The number of hydrogen-bond acceptors (Lipinski definition) is 10. The summed E-state index contributed by atoms with van der Waals surface area (Å²) in [5, 5.41) is 60.4. The van der Waals surface area contributed by atoms with Gasteiger partial charge in [0.25, 0.3) is 0 Å². The Balaban J connectivity index is 1.40. The first-order valence-electron chi connectivity index (χ1n) is 14.2. The van der Waals surface area contributed by atoms with Crippen molar-refractivity contribution in [1.29, 1.82) is 0 Å². The molecule has 0 aromatic heterocycles. The van der Waals surface area contributed by atoms with Gasteiger partial charge in [0, 0.05) is 12.2 Å². The van der Waals surface area contributed by atoms with E-state index in [4.69, 9.17) is 9.47 Å². The molecule has 10 heteroatoms. The Morgan fingerprint density at radius 1 is 0.950 bits per heavy atom. The standard InChI is InChI=1S/C30H38O10/c31-10-4-7-16-5-1-2-6-17(16)11-15-12-19-23(20(33)13-15)27(36)24-18(25(19)34)8-3-9-21(24)39-30-29(38)28(37)26(35)22(14-32)40-30/h3,8-9,12-13,16-17,19,22-23,26,28-33,35,37-38H,1-2,4-7,10-11,14H2/t16-,17-,19+,22-,23+,26-,28+,29-,30-/m1/s1. The molecule has 0 unspecified atom stereocenters. The maximum Gasteiger partial charge on any atom is 0.229 e. The van der Waals surface area contributed by atoms with Crippen molar-refractivity contribution in [3.63, 3.8) is 0 Å². The number of ketones is 2. The normalized spacial score (nSPS) is 35.9. The molecule has 0 amide bonds. The highest BCUT2D eigenvalue weighted by Gasteiger charge is 2.48. The van der Waals surface area contributed by atoms with Crippen molar-refractivity contribution in [1.82, 2.24) is 0 Å². The smallest absolute Gasteiger partial charge is 0.229 e. The Bertz CT molecular complexity index is 1170. The minimum absolute atomic E-state index is 0.0566. The average molecular weight is 559 g/mol. The first-order chi connectivity index (χ1) is 19.2. The second-order valence-corrected chi connectivity index (χ2v) is 11.4. The fourth-order valence-electron chi connectivity index (χ4n) is 6.79. The van der Waals surface area contributed by atoms with Crippen LogP contribution < -0.4 is 4.74 Å². The molecule has 1 saturated heterocycles. The van der Waals surface area contributed by atoms with Gasteiger partial charge in [-0.3, -0.25) is 9.59 Å². The van der Waals surface area contributed by atoms with E-state index in [-0.39, 0.29) is 35.0 Å². The van der Waals surface area contributed by atoms with Crippen molar-refractivity contribution in [2.45, 2.75) is 75.7 Å². The topological polar surface area (TPSA) is 174 Å². The number of aliphatic hydroxyl groups excluding tert-OH is 6. The first kappa shape index (κ1) is 28.9. The number of carbonyl (C=O) groups excluding carboxylic acids is 2. The summed E-state index contributed by atoms with van der Waals surface area (Å²) in [5.41, 5.74) is 0.897. The van der Waals surface area contributed by atoms with E-state index in [0.717, 1.165) is 44.1 Å². The van der Waals surface area contributed by atoms with Gasteiger partial charge in [0.1, 0.15) is 35.9 Å². The predicted octanol–water partition coefficient (Wildman–Crippen LogP) is 1.83. The second-order valence-electron chi connectivity index (χ2n) is 11.4. The third-order valence-electron chi connectivity index (χ3n) is 8.92. The summed E-state index contributed by atoms with van der Waals surface area (Å²) in [4.78, 5) is 27.4. The Morgan fingerprint density at radius 2 is 1.70 bits per heavy atom. The highest BCUT2D eigenvalue weighted by atomic mass is 16.7. The zero-order valence-corrected chi connectivity index (χ0v) is 22.3. The Morgan fingerprint density at radius 3 is 2.42 bits per heavy atom. The van der Waals surface area contributed by atoms with Crippen LogP contribution in [0, 0.1) is 23.7 Å². The van der Waals surface area contributed by atoms with E-state index in [1.165, 1.54) is 18.2 Å². The van der Waals surface area contributed by atoms with E-state index in [0.29, 0.717) is 18.3 Å². The number of fused-ring (bicyclic) bond motifs is 2. The molecule has 0 spiro atoms. The summed E-state index contributed by atoms with van der Waals surface area (Å²) in [6, 6.07) is 4.47. The Kier molecular flexibility index (Phi) is 8.75. The summed E-state index contributed by atoms with van der Waals surface area (Å²) in [7, 11) is 0. The van der Waals surface area contributed by atoms with Gasteiger partial charge in [-0.1, -0.05) is 37.5 Å². The molecule has 1 heterocycles. The van der Waals surface area contributed by atoms with Gasteiger partial charge in [-0.25, -0.2) is 0 Å². The molecule has 218 valence electrons. The molecule has 9 atom stereocenters. The number of rotatable bonds is 8. The molecule has 3 aliphatic carbocycles. The highest BCUT2D eigenvalue weighted by molar-refractivity contribution is 6.19. The fraction of sp³-hybridized carbons (Fsp3) is 0.600. The van der Waals surface area contributed by atoms with Gasteiger partial charge in [-0.05, 0) is 55.2 Å². The molecular weight excluding hydrogens is 520 g/mol. The van der Waals surface area contributed by atoms with Crippen LogP contribution in [0.2, 0.25) is 0 Å². The minimum Gasteiger partial charge on any atom is -0.511 e. The maximum absolute atomic E-state index is 13.7. The highest BCUT2D eigenvalue weighted by Crippen LogP contribution is 2.44. The van der Waals surface area contributed by atoms with Crippen molar-refractivity contribution in [2.75, 3.05) is 13.2 Å². The third kappa shape index (κ3) is 5.36. The Labute approximate surface area is 232 Å². The van der Waals surface area contributed by atoms with Crippen molar-refractivity contribution in [3.05, 3.63) is 52.8 Å². The van der Waals surface area contributed by atoms with Crippen LogP contribution >= 0.6 is 0 Å². The molecule has 5 rings (SSSR count). The predicted molar refractivity (Wildman–Crippen MR) is 142 cm³/mol. The number of Topliss-reactive ketones (excluding diaryl/α,β-unsaturated/α-hetero) is 2. The van der Waals surface area contributed by atoms with Gasteiger partial charge >= 0.3 is 0 Å². The number of benzene rings is 1. The minimum atomic E-state index is -1.69. The number of hydrogen-bond donors (Lipinski definition) is 6. The van der Waals surface area contributed by atoms with Gasteiger partial charge in [0.15, 0.2) is 11.6 Å². The van der Waals surface area contributed by atoms with Crippen LogP contribution in [0.1, 0.15) is 65.7 Å². The van der Waals surface area contributed by atoms with E-state index in [2.05, 4.69) is 0 Å². The largest absolute Gasteiger partial charge is 0.511 e. The number of ether oxygens (including phenoxy) is 2. The van der Waals surface area contributed by atoms with Crippen LogP contribution in [0.15, 0.2) is 41.7 Å². The van der Waals surface area contributed by atoms with Crippen molar-refractivity contribution in [3.8, 4) is 5.75 Å². The number of allylic oxidation sites excluding steroid dienone is 4. The van der Waals surface area contributed by atoms with E-state index in [9.17, 15) is 40.2 Å². The molecule has 1 aliphatic heterocycles. The molecule has 1 aromatic rings. The van der Waals surface area contributed by atoms with E-state index in [1.807, 2.05) is 0 Å². The molecule has 0 bridgehead atoms. The monoisotopic (exact) mass is 558 g/mol. The van der Waals surface area contributed by atoms with Crippen molar-refractivity contribution in [2.24, 2.45) is 23.7 Å². The van der Waals surface area contributed by atoms with Gasteiger partial charge in [0.2, 0.25) is 6.29 Å². The van der Waals surface area contributed by atoms with E-state index >= 15 is 0 Å². The zero-order chi connectivity index (χ0) is 28.6. The van der Waals surface area contributed by atoms with Crippen LogP contribution in [-0.4, -0.2) is 86.1 Å². The van der Waals surface area contributed by atoms with E-state index < -0.39 is 54.9 Å². The van der Waals surface area contributed by atoms with Crippen LogP contribution in [0.5, 0.6) is 5.75 Å². The quantitative estimate of drug-likeness (QED) is 0.276. The van der Waals surface area contributed by atoms with Crippen LogP contribution in [-0.2, 0) is 4.74 Å². The molecule has 1 aromatic carbocycles. The maximum atomic E-state index is 13.7. The molecule has 2 fully saturated rings. The number of carbonyl (C=O) groups is 2. The molecule has 10 nitrogen and oxygen atoms in total. The lowest BCUT2D eigenvalue weighted by Crippen LogP contribution is -2.60. The van der Waals surface area contributed by atoms with Crippen molar-refractivity contribution < 1.29 is 49.7 Å². The summed E-state index contributed by atoms with van der Waals surface area (Å²) >= 11 is 0. The third-order valence-corrected chi connectivity index (χ3v) is 8.92. The SMILES string of the molecule is O=C1c2c(O[C@@H]3O[C@H](CO)[C@@H](O)[C@H](O)[C@H]3O)cccc2C(=O)[C@H]2C=C(C[C@H]3CCCC[C@@H]3CCCO)C=C(O)[C@@H]12. The lowest BCUT2D eigenvalue weighted by atomic mass is 9.68. The van der Waals surface area contributed by atoms with Crippen LogP contribution in [0.4, 0.5) is 0 Å². The molecule has 0 radical (unpaired) electrons. The van der Waals surface area contributed by atoms with Gasteiger partial charge in [0.05, 0.1) is 24.0 Å². The van der Waals surface area contributed by atoms with Gasteiger partial charge in [-0.2, -0.15) is 0 Å². The molecule has 40 heavy (non-hydrogen) atoms.